The molecule has 0 unspecified atom stereocenters. The van der Waals surface area contributed by atoms with Crippen LogP contribution in [0.25, 0.3) is 10.4 Å². The molecule has 1 aliphatic rings. The van der Waals surface area contributed by atoms with Crippen LogP contribution >= 0.6 is 11.3 Å². The quantitative estimate of drug-likeness (QED) is 0.509. The van der Waals surface area contributed by atoms with Crippen molar-refractivity contribution in [2.75, 3.05) is 27.2 Å². The monoisotopic (exact) mass is 524 g/mol. The normalized spacial score (nSPS) is 19.0. The second-order valence-electron chi connectivity index (χ2n) is 10.1. The van der Waals surface area contributed by atoms with Crippen LogP contribution in [0.15, 0.2) is 29.3 Å². The van der Waals surface area contributed by atoms with Crippen molar-refractivity contribution in [2.45, 2.75) is 68.9 Å². The van der Waals surface area contributed by atoms with Gasteiger partial charge in [0.25, 0.3) is 0 Å². The Labute approximate surface area is 212 Å². The van der Waals surface area contributed by atoms with Gasteiger partial charge in [0.05, 0.1) is 14.8 Å². The van der Waals surface area contributed by atoms with Crippen molar-refractivity contribution in [2.24, 2.45) is 5.73 Å². The van der Waals surface area contributed by atoms with Gasteiger partial charge in [0, 0.05) is 35.8 Å². The molecule has 2 aromatic rings. The van der Waals surface area contributed by atoms with E-state index < -0.39 is 21.7 Å². The van der Waals surface area contributed by atoms with Crippen molar-refractivity contribution < 1.29 is 22.7 Å². The molecule has 3 N–H and O–H groups in total. The van der Waals surface area contributed by atoms with Gasteiger partial charge < -0.3 is 20.1 Å². The molecule has 194 valence electrons. The number of hydrogen-bond donors (Lipinski definition) is 2. The van der Waals surface area contributed by atoms with E-state index in [4.69, 9.17) is 15.2 Å². The molecule has 1 aliphatic carbocycles. The number of carbonyl (C=O) groups is 1. The highest BCUT2D eigenvalue weighted by Crippen LogP contribution is 2.40. The number of nitrogens with zero attached hydrogens (tertiary/aromatic N) is 2. The predicted molar refractivity (Wildman–Crippen MR) is 137 cm³/mol. The Morgan fingerprint density at radius 1 is 1.23 bits per heavy atom. The molecule has 1 saturated carbocycles. The third-order valence-corrected chi connectivity index (χ3v) is 8.58. The standard InChI is InChI=1S/C24H36N4O5S2/c1-24(2,3)27-35(30,31)21-14-18(32-13-12-28(4)5)10-11-19(21)20-15-26-22(34-20)16-6-8-17(9-7-16)33-23(25)29/h10-11,14-17,27H,6-9,12-13H2,1-5H3,(H2,25,29)/t16-,17-. The summed E-state index contributed by atoms with van der Waals surface area (Å²) in [5.74, 6) is 0.741. The van der Waals surface area contributed by atoms with E-state index in [1.807, 2.05) is 39.8 Å². The molecule has 1 aromatic carbocycles. The fourth-order valence-corrected chi connectivity index (χ4v) is 6.86. The smallest absolute Gasteiger partial charge is 0.404 e. The third kappa shape index (κ3) is 7.89. The van der Waals surface area contributed by atoms with Gasteiger partial charge in [0.2, 0.25) is 10.0 Å². The minimum atomic E-state index is -3.82. The van der Waals surface area contributed by atoms with Crippen molar-refractivity contribution in [1.29, 1.82) is 0 Å². The maximum Gasteiger partial charge on any atom is 0.404 e. The number of sulfonamides is 1. The summed E-state index contributed by atoms with van der Waals surface area (Å²) < 4.78 is 40.4. The predicted octanol–water partition coefficient (Wildman–Crippen LogP) is 3.95. The highest BCUT2D eigenvalue weighted by molar-refractivity contribution is 7.89. The Morgan fingerprint density at radius 3 is 2.51 bits per heavy atom. The highest BCUT2D eigenvalue weighted by atomic mass is 32.2. The fourth-order valence-electron chi connectivity index (χ4n) is 4.02. The maximum absolute atomic E-state index is 13.4. The number of ether oxygens (including phenoxy) is 2. The molecular weight excluding hydrogens is 488 g/mol. The van der Waals surface area contributed by atoms with Gasteiger partial charge in [-0.1, -0.05) is 0 Å². The maximum atomic E-state index is 13.4. The van der Waals surface area contributed by atoms with Crippen LogP contribution in [0.2, 0.25) is 0 Å². The van der Waals surface area contributed by atoms with E-state index in [0.717, 1.165) is 42.1 Å². The number of hydrogen-bond acceptors (Lipinski definition) is 8. The summed E-state index contributed by atoms with van der Waals surface area (Å²) in [6, 6.07) is 5.18. The van der Waals surface area contributed by atoms with Crippen LogP contribution in [-0.2, 0) is 14.8 Å². The Morgan fingerprint density at radius 2 is 1.91 bits per heavy atom. The van der Waals surface area contributed by atoms with Gasteiger partial charge >= 0.3 is 6.09 Å². The van der Waals surface area contributed by atoms with Gasteiger partial charge in [-0.15, -0.1) is 11.3 Å². The van der Waals surface area contributed by atoms with Gasteiger partial charge in [-0.3, -0.25) is 0 Å². The van der Waals surface area contributed by atoms with Crippen LogP contribution in [0, 0.1) is 0 Å². The molecule has 1 aromatic heterocycles. The number of carbonyl (C=O) groups excluding carboxylic acids is 1. The molecule has 9 nitrogen and oxygen atoms in total. The van der Waals surface area contributed by atoms with Gasteiger partial charge in [-0.05, 0) is 72.7 Å². The Balaban J connectivity index is 1.87. The summed E-state index contributed by atoms with van der Waals surface area (Å²) in [5.41, 5.74) is 5.10. The first-order valence-electron chi connectivity index (χ1n) is 11.7. The van der Waals surface area contributed by atoms with E-state index in [-0.39, 0.29) is 16.9 Å². The van der Waals surface area contributed by atoms with E-state index >= 15 is 0 Å². The van der Waals surface area contributed by atoms with Gasteiger partial charge in [-0.2, -0.15) is 0 Å². The first-order chi connectivity index (χ1) is 16.3. The summed E-state index contributed by atoms with van der Waals surface area (Å²) in [4.78, 5) is 18.6. The molecule has 0 radical (unpaired) electrons. The summed E-state index contributed by atoms with van der Waals surface area (Å²) in [6.07, 6.45) is 3.98. The number of nitrogens with two attached hydrogens (primary N) is 1. The van der Waals surface area contributed by atoms with Crippen LogP contribution in [0.4, 0.5) is 4.79 Å². The van der Waals surface area contributed by atoms with Gasteiger partial charge in [0.1, 0.15) is 18.5 Å². The molecule has 1 amide bonds. The average molecular weight is 525 g/mol. The first-order valence-corrected chi connectivity index (χ1v) is 14.0. The molecule has 0 bridgehead atoms. The van der Waals surface area contributed by atoms with Crippen LogP contribution in [0.3, 0.4) is 0 Å². The van der Waals surface area contributed by atoms with Gasteiger partial charge in [0.15, 0.2) is 0 Å². The number of benzene rings is 1. The minimum Gasteiger partial charge on any atom is -0.492 e. The molecule has 0 saturated heterocycles. The summed E-state index contributed by atoms with van der Waals surface area (Å²) >= 11 is 1.50. The Hall–Kier alpha value is -2.21. The zero-order valence-corrected chi connectivity index (χ0v) is 22.7. The van der Waals surface area contributed by atoms with E-state index in [1.54, 1.807) is 24.4 Å². The topological polar surface area (TPSA) is 124 Å². The van der Waals surface area contributed by atoms with Crippen molar-refractivity contribution >= 4 is 27.5 Å². The Bertz CT molecular complexity index is 1120. The van der Waals surface area contributed by atoms with E-state index in [9.17, 15) is 13.2 Å². The van der Waals surface area contributed by atoms with Crippen LogP contribution in [0.1, 0.15) is 57.4 Å². The minimum absolute atomic E-state index is 0.150. The Kier molecular flexibility index (Phi) is 8.79. The third-order valence-electron chi connectivity index (χ3n) is 5.59. The highest BCUT2D eigenvalue weighted by Gasteiger charge is 2.29. The fraction of sp³-hybridized carbons (Fsp3) is 0.583. The summed E-state index contributed by atoms with van der Waals surface area (Å²) in [7, 11) is 0.0883. The first kappa shape index (κ1) is 27.4. The molecule has 1 heterocycles. The van der Waals surface area contributed by atoms with Crippen LogP contribution in [0.5, 0.6) is 5.75 Å². The molecular formula is C24H36N4O5S2. The molecule has 1 fully saturated rings. The molecule has 35 heavy (non-hydrogen) atoms. The lowest BCUT2D eigenvalue weighted by atomic mass is 9.88. The molecule has 0 aliphatic heterocycles. The number of thiazole rings is 1. The molecule has 0 atom stereocenters. The van der Waals surface area contributed by atoms with Crippen LogP contribution < -0.4 is 15.2 Å². The number of amides is 1. The van der Waals surface area contributed by atoms with E-state index in [2.05, 4.69) is 9.71 Å². The van der Waals surface area contributed by atoms with E-state index in [0.29, 0.717) is 17.9 Å². The lowest BCUT2D eigenvalue weighted by Gasteiger charge is -2.26. The lowest BCUT2D eigenvalue weighted by Crippen LogP contribution is -2.40. The van der Waals surface area contributed by atoms with Gasteiger partial charge in [-0.25, -0.2) is 22.9 Å². The zero-order chi connectivity index (χ0) is 25.8. The van der Waals surface area contributed by atoms with Crippen LogP contribution in [-0.4, -0.2) is 63.3 Å². The number of likely N-dealkylation sites (N-methyl/N-ethyl adjacent to an activating group) is 1. The second-order valence-corrected chi connectivity index (χ2v) is 12.9. The number of primary amides is 1. The SMILES string of the molecule is CN(C)CCOc1ccc(-c2cnc([C@H]3CC[C@H](OC(N)=O)CC3)s2)c(S(=O)(=O)NC(C)(C)C)c1. The second kappa shape index (κ2) is 11.2. The number of rotatable bonds is 9. The average Bonchev–Trinajstić information content (AvgIpc) is 3.22. The molecule has 11 heteroatoms. The van der Waals surface area contributed by atoms with Crippen molar-refractivity contribution in [3.8, 4) is 16.2 Å². The van der Waals surface area contributed by atoms with Crippen molar-refractivity contribution in [1.82, 2.24) is 14.6 Å². The lowest BCUT2D eigenvalue weighted by molar-refractivity contribution is 0.0787. The van der Waals surface area contributed by atoms with Crippen molar-refractivity contribution in [3.05, 3.63) is 29.4 Å². The summed E-state index contributed by atoms with van der Waals surface area (Å²) in [5, 5.41) is 0.955. The largest absolute Gasteiger partial charge is 0.492 e. The molecule has 3 rings (SSSR count). The number of aromatic nitrogens is 1. The summed E-state index contributed by atoms with van der Waals surface area (Å²) in [6.45, 7) is 6.60. The van der Waals surface area contributed by atoms with E-state index in [1.165, 1.54) is 11.3 Å². The molecule has 0 spiro atoms. The number of nitrogens with one attached hydrogen (secondary N) is 1. The zero-order valence-electron chi connectivity index (χ0n) is 21.0. The van der Waals surface area contributed by atoms with Crippen molar-refractivity contribution in [3.63, 3.8) is 0 Å².